The first-order valence-corrected chi connectivity index (χ1v) is 5.99. The topological polar surface area (TPSA) is 51.1 Å². The van der Waals surface area contributed by atoms with Gasteiger partial charge in [-0.05, 0) is 12.1 Å². The third kappa shape index (κ3) is 3.96. The molecule has 96 valence electrons. The molecule has 1 saturated heterocycles. The molecule has 1 heterocycles. The van der Waals surface area contributed by atoms with Crippen LogP contribution in [0.1, 0.15) is 0 Å². The Hall–Kier alpha value is -1.68. The van der Waals surface area contributed by atoms with Gasteiger partial charge >= 0.3 is 0 Å². The normalized spacial score (nSPS) is 16.0. The monoisotopic (exact) mass is 248 g/mol. The summed E-state index contributed by atoms with van der Waals surface area (Å²) >= 11 is 0. The molecule has 0 radical (unpaired) electrons. The molecule has 1 aliphatic heterocycles. The van der Waals surface area contributed by atoms with Gasteiger partial charge in [0, 0.05) is 25.7 Å². The van der Waals surface area contributed by atoms with E-state index in [9.17, 15) is 4.79 Å². The third-order valence-electron chi connectivity index (χ3n) is 2.77. The largest absolute Gasteiger partial charge is 0.492 e. The summed E-state index contributed by atoms with van der Waals surface area (Å²) in [5.74, 6) is 0.722. The van der Waals surface area contributed by atoms with Gasteiger partial charge in [0.1, 0.15) is 12.4 Å². The summed E-state index contributed by atoms with van der Waals surface area (Å²) in [5.41, 5.74) is 0.564. The van der Waals surface area contributed by atoms with E-state index in [-0.39, 0.29) is 0 Å². The second-order valence-corrected chi connectivity index (χ2v) is 4.00. The Kier molecular flexibility index (Phi) is 4.90. The minimum absolute atomic E-state index is 0.564. The standard InChI is InChI=1S/C13H16N2O3/c16-11-14-12-2-1-3-13(10-12)18-9-6-15-4-7-17-8-5-15/h1-3,10H,4-9H2. The summed E-state index contributed by atoms with van der Waals surface area (Å²) < 4.78 is 10.9. The first-order valence-electron chi connectivity index (χ1n) is 5.99. The van der Waals surface area contributed by atoms with Crippen molar-refractivity contribution in [3.05, 3.63) is 24.3 Å². The van der Waals surface area contributed by atoms with E-state index >= 15 is 0 Å². The maximum absolute atomic E-state index is 10.2. The van der Waals surface area contributed by atoms with Gasteiger partial charge in [-0.2, -0.15) is 4.99 Å². The summed E-state index contributed by atoms with van der Waals surface area (Å²) in [6.45, 7) is 5.00. The second kappa shape index (κ2) is 6.91. The Labute approximate surface area is 106 Å². The van der Waals surface area contributed by atoms with E-state index in [1.54, 1.807) is 18.2 Å². The number of morpholine rings is 1. The van der Waals surface area contributed by atoms with Gasteiger partial charge in [-0.1, -0.05) is 6.07 Å². The summed E-state index contributed by atoms with van der Waals surface area (Å²) in [4.78, 5) is 16.0. The van der Waals surface area contributed by atoms with Crippen LogP contribution >= 0.6 is 0 Å². The van der Waals surface area contributed by atoms with Crippen molar-refractivity contribution in [3.63, 3.8) is 0 Å². The number of ether oxygens (including phenoxy) is 2. The van der Waals surface area contributed by atoms with Crippen molar-refractivity contribution in [2.24, 2.45) is 4.99 Å². The van der Waals surface area contributed by atoms with Crippen LogP contribution in [-0.4, -0.2) is 50.4 Å². The molecule has 5 heteroatoms. The van der Waals surface area contributed by atoms with Gasteiger partial charge in [0.15, 0.2) is 0 Å². The lowest BCUT2D eigenvalue weighted by atomic mass is 10.3. The molecule has 1 aromatic carbocycles. The van der Waals surface area contributed by atoms with Crippen molar-refractivity contribution in [2.75, 3.05) is 39.5 Å². The highest BCUT2D eigenvalue weighted by Crippen LogP contribution is 2.19. The number of nitrogens with zero attached hydrogens (tertiary/aromatic N) is 2. The molecule has 0 N–H and O–H groups in total. The van der Waals surface area contributed by atoms with Gasteiger partial charge in [-0.25, -0.2) is 4.79 Å². The molecule has 1 fully saturated rings. The Morgan fingerprint density at radius 2 is 2.22 bits per heavy atom. The van der Waals surface area contributed by atoms with Gasteiger partial charge in [0.05, 0.1) is 18.9 Å². The van der Waals surface area contributed by atoms with Crippen LogP contribution in [0.25, 0.3) is 0 Å². The smallest absolute Gasteiger partial charge is 0.240 e. The zero-order chi connectivity index (χ0) is 12.6. The van der Waals surface area contributed by atoms with Gasteiger partial charge in [0.2, 0.25) is 6.08 Å². The van der Waals surface area contributed by atoms with E-state index in [1.165, 1.54) is 6.08 Å². The molecule has 5 nitrogen and oxygen atoms in total. The second-order valence-electron chi connectivity index (χ2n) is 4.00. The van der Waals surface area contributed by atoms with Crippen molar-refractivity contribution >= 4 is 11.8 Å². The summed E-state index contributed by atoms with van der Waals surface area (Å²) in [6, 6.07) is 7.12. The summed E-state index contributed by atoms with van der Waals surface area (Å²) in [7, 11) is 0. The van der Waals surface area contributed by atoms with Crippen LogP contribution in [0.15, 0.2) is 29.3 Å². The van der Waals surface area contributed by atoms with Crippen LogP contribution in [0, 0.1) is 0 Å². The number of isocyanates is 1. The molecule has 0 amide bonds. The Balaban J connectivity index is 1.78. The third-order valence-corrected chi connectivity index (χ3v) is 2.77. The fraction of sp³-hybridized carbons (Fsp3) is 0.462. The first-order chi connectivity index (χ1) is 8.88. The molecule has 0 spiro atoms. The van der Waals surface area contributed by atoms with E-state index in [2.05, 4.69) is 9.89 Å². The molecule has 1 aliphatic rings. The van der Waals surface area contributed by atoms with E-state index in [0.717, 1.165) is 38.6 Å². The number of carbonyl (C=O) groups excluding carboxylic acids is 1. The molecule has 2 rings (SSSR count). The fourth-order valence-corrected chi connectivity index (χ4v) is 1.81. The first kappa shape index (κ1) is 12.8. The van der Waals surface area contributed by atoms with Crippen LogP contribution in [0.5, 0.6) is 5.75 Å². The Bertz CT molecular complexity index is 424. The van der Waals surface area contributed by atoms with Crippen molar-refractivity contribution in [3.8, 4) is 5.75 Å². The van der Waals surface area contributed by atoms with E-state index < -0.39 is 0 Å². The van der Waals surface area contributed by atoms with Crippen molar-refractivity contribution < 1.29 is 14.3 Å². The Morgan fingerprint density at radius 1 is 1.39 bits per heavy atom. The lowest BCUT2D eigenvalue weighted by Gasteiger charge is -2.26. The predicted octanol–water partition coefficient (Wildman–Crippen LogP) is 1.36. The Morgan fingerprint density at radius 3 is 3.00 bits per heavy atom. The highest BCUT2D eigenvalue weighted by atomic mass is 16.5. The van der Waals surface area contributed by atoms with Crippen LogP contribution < -0.4 is 4.74 Å². The molecular weight excluding hydrogens is 232 g/mol. The van der Waals surface area contributed by atoms with E-state index in [0.29, 0.717) is 12.3 Å². The van der Waals surface area contributed by atoms with Crippen molar-refractivity contribution in [2.45, 2.75) is 0 Å². The van der Waals surface area contributed by atoms with Crippen molar-refractivity contribution in [1.29, 1.82) is 0 Å². The van der Waals surface area contributed by atoms with Crippen LogP contribution in [0.4, 0.5) is 5.69 Å². The average Bonchev–Trinajstić information content (AvgIpc) is 2.41. The molecule has 18 heavy (non-hydrogen) atoms. The summed E-state index contributed by atoms with van der Waals surface area (Å²) in [6.07, 6.45) is 1.52. The molecular formula is C13H16N2O3. The SMILES string of the molecule is O=C=Nc1cccc(OCCN2CCOCC2)c1. The highest BCUT2D eigenvalue weighted by molar-refractivity contribution is 5.51. The van der Waals surface area contributed by atoms with Crippen LogP contribution in [0.2, 0.25) is 0 Å². The lowest BCUT2D eigenvalue weighted by molar-refractivity contribution is 0.0322. The minimum Gasteiger partial charge on any atom is -0.492 e. The fourth-order valence-electron chi connectivity index (χ4n) is 1.81. The maximum Gasteiger partial charge on any atom is 0.240 e. The van der Waals surface area contributed by atoms with Gasteiger partial charge in [-0.15, -0.1) is 0 Å². The molecule has 0 aromatic heterocycles. The number of benzene rings is 1. The van der Waals surface area contributed by atoms with Crippen LogP contribution in [0.3, 0.4) is 0 Å². The quantitative estimate of drug-likeness (QED) is 0.583. The zero-order valence-electron chi connectivity index (χ0n) is 10.2. The molecule has 0 bridgehead atoms. The van der Waals surface area contributed by atoms with E-state index in [1.807, 2.05) is 6.07 Å². The number of aliphatic imine (C=N–C) groups is 1. The number of rotatable bonds is 5. The zero-order valence-corrected chi connectivity index (χ0v) is 10.2. The van der Waals surface area contributed by atoms with Crippen LogP contribution in [-0.2, 0) is 9.53 Å². The van der Waals surface area contributed by atoms with Gasteiger partial charge in [0.25, 0.3) is 0 Å². The van der Waals surface area contributed by atoms with E-state index in [4.69, 9.17) is 9.47 Å². The maximum atomic E-state index is 10.2. The number of hydrogen-bond donors (Lipinski definition) is 0. The van der Waals surface area contributed by atoms with Crippen molar-refractivity contribution in [1.82, 2.24) is 4.90 Å². The minimum atomic E-state index is 0.564. The molecule has 1 aromatic rings. The molecule has 0 unspecified atom stereocenters. The highest BCUT2D eigenvalue weighted by Gasteiger charge is 2.09. The predicted molar refractivity (Wildman–Crippen MR) is 67.0 cm³/mol. The molecule has 0 saturated carbocycles. The van der Waals surface area contributed by atoms with Gasteiger partial charge < -0.3 is 9.47 Å². The molecule has 0 aliphatic carbocycles. The average molecular weight is 248 g/mol. The summed E-state index contributed by atoms with van der Waals surface area (Å²) in [5, 5.41) is 0. The lowest BCUT2D eigenvalue weighted by Crippen LogP contribution is -2.38. The van der Waals surface area contributed by atoms with Gasteiger partial charge in [-0.3, -0.25) is 4.90 Å². The number of hydrogen-bond acceptors (Lipinski definition) is 5. The molecule has 0 atom stereocenters.